The molecule has 0 aromatic heterocycles. The summed E-state index contributed by atoms with van der Waals surface area (Å²) in [6.07, 6.45) is 12.4. The van der Waals surface area contributed by atoms with Crippen LogP contribution in [-0.4, -0.2) is 56.2 Å². The van der Waals surface area contributed by atoms with Crippen LogP contribution in [-0.2, 0) is 9.47 Å². The summed E-state index contributed by atoms with van der Waals surface area (Å²) in [7, 11) is 0. The molecule has 4 rings (SSSR count). The molecule has 246 valence electrons. The summed E-state index contributed by atoms with van der Waals surface area (Å²) in [6, 6.07) is 21.6. The van der Waals surface area contributed by atoms with Gasteiger partial charge in [0.1, 0.15) is 0 Å². The highest BCUT2D eigenvalue weighted by Crippen LogP contribution is 2.47. The normalized spacial score (nSPS) is 22.3. The van der Waals surface area contributed by atoms with Gasteiger partial charge in [-0.05, 0) is 142 Å². The molecule has 2 aromatic carbocycles. The smallest absolute Gasteiger partial charge is 0.0610 e. The molecule has 2 aliphatic heterocycles. The first-order valence-electron chi connectivity index (χ1n) is 17.1. The van der Waals surface area contributed by atoms with Gasteiger partial charge >= 0.3 is 0 Å². The zero-order valence-corrected chi connectivity index (χ0v) is 30.6. The number of nitrogens with zero attached hydrogens (tertiary/aromatic N) is 2. The van der Waals surface area contributed by atoms with E-state index in [1.54, 1.807) is 0 Å². The van der Waals surface area contributed by atoms with Crippen LogP contribution in [0.1, 0.15) is 120 Å². The number of unbranched alkanes of at least 4 members (excludes halogenated alkanes) is 5. The van der Waals surface area contributed by atoms with Gasteiger partial charge < -0.3 is 9.47 Å². The number of rotatable bonds is 15. The van der Waals surface area contributed by atoms with Crippen molar-refractivity contribution in [1.82, 2.24) is 8.61 Å². The molecule has 0 saturated carbocycles. The molecule has 2 saturated heterocycles. The fourth-order valence-electron chi connectivity index (χ4n) is 7.66. The van der Waals surface area contributed by atoms with Crippen LogP contribution in [0.5, 0.6) is 0 Å². The Bertz CT molecular complexity index is 997. The second kappa shape index (κ2) is 15.7. The fourth-order valence-corrected chi connectivity index (χ4v) is 9.92. The van der Waals surface area contributed by atoms with Crippen molar-refractivity contribution >= 4 is 23.9 Å². The van der Waals surface area contributed by atoms with Crippen molar-refractivity contribution < 1.29 is 9.47 Å². The standard InChI is InChI=1S/C38H60N2O2S2/c1-35(2)27-31(28-36(3,4)39(35)43-33-21-15-13-16-22-33)41-25-19-11-9-10-12-20-26-42-32-29-37(5,6)40(38(7,8)30-32)44-34-23-17-14-18-24-34/h13-18,21-24,31-32H,9-12,19-20,25-30H2,1-8H3. The first-order chi connectivity index (χ1) is 20.8. The maximum absolute atomic E-state index is 6.48. The Balaban J connectivity index is 1.07. The summed E-state index contributed by atoms with van der Waals surface area (Å²) < 4.78 is 18.2. The second-order valence-electron chi connectivity index (χ2n) is 15.6. The van der Waals surface area contributed by atoms with E-state index in [0.29, 0.717) is 12.2 Å². The Hall–Kier alpha value is -1.02. The van der Waals surface area contributed by atoms with Crippen molar-refractivity contribution in [2.24, 2.45) is 0 Å². The minimum Gasteiger partial charge on any atom is -0.378 e. The molecular formula is C38H60N2O2S2. The highest BCUT2D eigenvalue weighted by molar-refractivity contribution is 7.97. The van der Waals surface area contributed by atoms with E-state index in [-0.39, 0.29) is 22.2 Å². The van der Waals surface area contributed by atoms with Gasteiger partial charge in [0.15, 0.2) is 0 Å². The van der Waals surface area contributed by atoms with Gasteiger partial charge in [-0.25, -0.2) is 8.61 Å². The highest BCUT2D eigenvalue weighted by atomic mass is 32.2. The number of piperidine rings is 2. The van der Waals surface area contributed by atoms with Gasteiger partial charge in [0.2, 0.25) is 0 Å². The van der Waals surface area contributed by atoms with Crippen molar-refractivity contribution in [3.05, 3.63) is 60.7 Å². The van der Waals surface area contributed by atoms with Crippen LogP contribution in [0.25, 0.3) is 0 Å². The van der Waals surface area contributed by atoms with Crippen molar-refractivity contribution in [2.45, 2.75) is 164 Å². The van der Waals surface area contributed by atoms with Gasteiger partial charge in [0.25, 0.3) is 0 Å². The largest absolute Gasteiger partial charge is 0.378 e. The average Bonchev–Trinajstić information content (AvgIpc) is 2.94. The molecule has 0 unspecified atom stereocenters. The van der Waals surface area contributed by atoms with Crippen LogP contribution in [0.3, 0.4) is 0 Å². The molecule has 0 atom stereocenters. The summed E-state index contributed by atoms with van der Waals surface area (Å²) in [5.41, 5.74) is 0.328. The maximum Gasteiger partial charge on any atom is 0.0610 e. The van der Waals surface area contributed by atoms with Gasteiger partial charge in [-0.3, -0.25) is 0 Å². The Morgan fingerprint density at radius 3 is 1.11 bits per heavy atom. The lowest BCUT2D eigenvalue weighted by molar-refractivity contribution is -0.0613. The van der Waals surface area contributed by atoms with Crippen LogP contribution < -0.4 is 0 Å². The van der Waals surface area contributed by atoms with Crippen molar-refractivity contribution in [3.8, 4) is 0 Å². The lowest BCUT2D eigenvalue weighted by Gasteiger charge is -2.54. The van der Waals surface area contributed by atoms with E-state index in [4.69, 9.17) is 9.47 Å². The van der Waals surface area contributed by atoms with Crippen LogP contribution in [0.4, 0.5) is 0 Å². The predicted molar refractivity (Wildman–Crippen MR) is 190 cm³/mol. The van der Waals surface area contributed by atoms with E-state index in [1.165, 1.54) is 48.3 Å². The molecule has 0 bridgehead atoms. The van der Waals surface area contributed by atoms with Crippen LogP contribution in [0.2, 0.25) is 0 Å². The van der Waals surface area contributed by atoms with Crippen molar-refractivity contribution in [1.29, 1.82) is 0 Å². The third-order valence-electron chi connectivity index (χ3n) is 9.23. The van der Waals surface area contributed by atoms with E-state index in [0.717, 1.165) is 38.9 Å². The maximum atomic E-state index is 6.48. The Labute approximate surface area is 278 Å². The van der Waals surface area contributed by atoms with Gasteiger partial charge in [-0.15, -0.1) is 0 Å². The van der Waals surface area contributed by atoms with Gasteiger partial charge in [-0.1, -0.05) is 62.1 Å². The molecule has 0 radical (unpaired) electrons. The second-order valence-corrected chi connectivity index (χ2v) is 17.6. The zero-order chi connectivity index (χ0) is 31.8. The minimum atomic E-state index is 0.0820. The SMILES string of the molecule is CC1(C)CC(OCCCCCCCCOC2CC(C)(C)N(Sc3ccccc3)C(C)(C)C2)CC(C)(C)N1Sc1ccccc1. The molecule has 2 aliphatic rings. The quantitative estimate of drug-likeness (QED) is 0.142. The van der Waals surface area contributed by atoms with E-state index in [1.807, 2.05) is 23.9 Å². The van der Waals surface area contributed by atoms with Crippen molar-refractivity contribution in [3.63, 3.8) is 0 Å². The average molecular weight is 641 g/mol. The Morgan fingerprint density at radius 2 is 0.795 bits per heavy atom. The lowest BCUT2D eigenvalue weighted by atomic mass is 9.81. The van der Waals surface area contributed by atoms with E-state index in [9.17, 15) is 0 Å². The zero-order valence-electron chi connectivity index (χ0n) is 28.9. The number of benzene rings is 2. The van der Waals surface area contributed by atoms with Crippen LogP contribution in [0, 0.1) is 0 Å². The van der Waals surface area contributed by atoms with Crippen molar-refractivity contribution in [2.75, 3.05) is 13.2 Å². The summed E-state index contributed by atoms with van der Waals surface area (Å²) in [5.74, 6) is 0. The van der Waals surface area contributed by atoms with Crippen LogP contribution >= 0.6 is 23.9 Å². The third kappa shape index (κ3) is 10.2. The molecule has 0 spiro atoms. The van der Waals surface area contributed by atoms with E-state index in [2.05, 4.69) is 125 Å². The van der Waals surface area contributed by atoms with Gasteiger partial charge in [-0.2, -0.15) is 0 Å². The number of ether oxygens (including phenoxy) is 2. The monoisotopic (exact) mass is 640 g/mol. The molecule has 2 aromatic rings. The third-order valence-corrected chi connectivity index (χ3v) is 12.5. The topological polar surface area (TPSA) is 24.9 Å². The molecule has 44 heavy (non-hydrogen) atoms. The van der Waals surface area contributed by atoms with E-state index >= 15 is 0 Å². The Kier molecular flexibility index (Phi) is 12.8. The molecule has 0 N–H and O–H groups in total. The first-order valence-corrected chi connectivity index (χ1v) is 18.6. The van der Waals surface area contributed by atoms with Crippen LogP contribution in [0.15, 0.2) is 70.5 Å². The molecule has 4 nitrogen and oxygen atoms in total. The molecule has 2 fully saturated rings. The molecule has 2 heterocycles. The summed E-state index contributed by atoms with van der Waals surface area (Å²) in [6.45, 7) is 20.8. The van der Waals surface area contributed by atoms with Gasteiger partial charge in [0.05, 0.1) is 12.2 Å². The molecule has 0 amide bonds. The van der Waals surface area contributed by atoms with E-state index < -0.39 is 0 Å². The summed E-state index contributed by atoms with van der Waals surface area (Å²) in [5, 5.41) is 0. The molecule has 6 heteroatoms. The highest BCUT2D eigenvalue weighted by Gasteiger charge is 2.47. The fraction of sp³-hybridized carbons (Fsp3) is 0.684. The van der Waals surface area contributed by atoms with Gasteiger partial charge in [0, 0.05) is 45.2 Å². The minimum absolute atomic E-state index is 0.0820. The predicted octanol–water partition coefficient (Wildman–Crippen LogP) is 10.8. The number of hydrogen-bond acceptors (Lipinski definition) is 6. The summed E-state index contributed by atoms with van der Waals surface area (Å²) in [4.78, 5) is 2.62. The first kappa shape index (κ1) is 35.8. The molecular weight excluding hydrogens is 581 g/mol. The summed E-state index contributed by atoms with van der Waals surface area (Å²) >= 11 is 3.79. The molecule has 0 aliphatic carbocycles. The number of hydrogen-bond donors (Lipinski definition) is 0. The lowest BCUT2D eigenvalue weighted by Crippen LogP contribution is -2.58. The Morgan fingerprint density at radius 1 is 0.500 bits per heavy atom.